The molecule has 0 spiro atoms. The first kappa shape index (κ1) is 13.8. The lowest BCUT2D eigenvalue weighted by Gasteiger charge is -2.35. The van der Waals surface area contributed by atoms with E-state index >= 15 is 0 Å². The predicted molar refractivity (Wildman–Crippen MR) is 76.0 cm³/mol. The quantitative estimate of drug-likeness (QED) is 0.875. The number of methoxy groups -OCH3 is 1. The molecule has 1 aliphatic rings. The fourth-order valence-electron chi connectivity index (χ4n) is 2.17. The van der Waals surface area contributed by atoms with Gasteiger partial charge in [-0.3, -0.25) is 0 Å². The van der Waals surface area contributed by atoms with E-state index in [1.165, 1.54) is 5.56 Å². The van der Waals surface area contributed by atoms with Crippen molar-refractivity contribution in [2.45, 2.75) is 38.5 Å². The molecule has 0 amide bonds. The van der Waals surface area contributed by atoms with Crippen molar-refractivity contribution in [2.24, 2.45) is 0 Å². The number of hydrogen-bond acceptors (Lipinski definition) is 3. The van der Waals surface area contributed by atoms with Crippen molar-refractivity contribution >= 4 is 15.9 Å². The summed E-state index contributed by atoms with van der Waals surface area (Å²) in [5.41, 5.74) is 1.23. The summed E-state index contributed by atoms with van der Waals surface area (Å²) in [6, 6.07) is 6.64. The van der Waals surface area contributed by atoms with E-state index in [0.29, 0.717) is 12.1 Å². The van der Waals surface area contributed by atoms with Gasteiger partial charge in [0.1, 0.15) is 5.75 Å². The molecule has 0 unspecified atom stereocenters. The zero-order valence-electron chi connectivity index (χ0n) is 10.9. The highest BCUT2D eigenvalue weighted by Gasteiger charge is 2.28. The molecule has 1 saturated carbocycles. The maximum absolute atomic E-state index is 5.55. The Balaban J connectivity index is 1.80. The summed E-state index contributed by atoms with van der Waals surface area (Å²) in [5.74, 6) is 0.899. The largest absolute Gasteiger partial charge is 0.497 e. The number of ether oxygens (including phenoxy) is 2. The Morgan fingerprint density at radius 2 is 2.17 bits per heavy atom. The van der Waals surface area contributed by atoms with Crippen LogP contribution in [0.5, 0.6) is 5.75 Å². The molecule has 1 aliphatic carbocycles. The SMILES string of the molecule is CCOC1CC(NCc2cc(OC)ccc2Br)C1. The minimum atomic E-state index is 0.459. The molecule has 18 heavy (non-hydrogen) atoms. The monoisotopic (exact) mass is 313 g/mol. The van der Waals surface area contributed by atoms with E-state index in [2.05, 4.69) is 27.3 Å². The second kappa shape index (κ2) is 6.55. The van der Waals surface area contributed by atoms with Gasteiger partial charge >= 0.3 is 0 Å². The van der Waals surface area contributed by atoms with Gasteiger partial charge < -0.3 is 14.8 Å². The van der Waals surface area contributed by atoms with Gasteiger partial charge in [0.2, 0.25) is 0 Å². The summed E-state index contributed by atoms with van der Waals surface area (Å²) in [6.45, 7) is 3.73. The van der Waals surface area contributed by atoms with E-state index in [-0.39, 0.29) is 0 Å². The molecule has 0 aromatic heterocycles. The molecule has 0 saturated heterocycles. The van der Waals surface area contributed by atoms with Crippen LogP contribution in [0.25, 0.3) is 0 Å². The van der Waals surface area contributed by atoms with Gasteiger partial charge in [-0.15, -0.1) is 0 Å². The molecule has 100 valence electrons. The summed E-state index contributed by atoms with van der Waals surface area (Å²) in [6.07, 6.45) is 2.70. The highest BCUT2D eigenvalue weighted by atomic mass is 79.9. The maximum Gasteiger partial charge on any atom is 0.119 e. The second-order valence-corrected chi connectivity index (χ2v) is 5.44. The molecule has 1 N–H and O–H groups in total. The van der Waals surface area contributed by atoms with Gasteiger partial charge in [-0.25, -0.2) is 0 Å². The van der Waals surface area contributed by atoms with Gasteiger partial charge in [0, 0.05) is 23.7 Å². The molecule has 0 radical (unpaired) electrons. The Labute approximate surface area is 117 Å². The highest BCUT2D eigenvalue weighted by molar-refractivity contribution is 9.10. The topological polar surface area (TPSA) is 30.5 Å². The molecule has 1 fully saturated rings. The van der Waals surface area contributed by atoms with Crippen molar-refractivity contribution in [3.8, 4) is 5.75 Å². The smallest absolute Gasteiger partial charge is 0.119 e. The lowest BCUT2D eigenvalue weighted by atomic mass is 9.89. The van der Waals surface area contributed by atoms with Gasteiger partial charge in [0.05, 0.1) is 13.2 Å². The van der Waals surface area contributed by atoms with Crippen LogP contribution in [0.2, 0.25) is 0 Å². The van der Waals surface area contributed by atoms with Gasteiger partial charge in [-0.05, 0) is 43.5 Å². The van der Waals surface area contributed by atoms with Crippen molar-refractivity contribution in [2.75, 3.05) is 13.7 Å². The molecular weight excluding hydrogens is 294 g/mol. The number of halogens is 1. The van der Waals surface area contributed by atoms with Crippen LogP contribution in [0, 0.1) is 0 Å². The summed E-state index contributed by atoms with van der Waals surface area (Å²) in [4.78, 5) is 0. The van der Waals surface area contributed by atoms with Crippen molar-refractivity contribution in [1.82, 2.24) is 5.32 Å². The van der Waals surface area contributed by atoms with E-state index in [4.69, 9.17) is 9.47 Å². The van der Waals surface area contributed by atoms with Gasteiger partial charge in [-0.2, -0.15) is 0 Å². The van der Waals surface area contributed by atoms with Crippen LogP contribution in [0.15, 0.2) is 22.7 Å². The maximum atomic E-state index is 5.55. The van der Waals surface area contributed by atoms with E-state index in [1.54, 1.807) is 7.11 Å². The number of benzene rings is 1. The van der Waals surface area contributed by atoms with Crippen LogP contribution >= 0.6 is 15.9 Å². The lowest BCUT2D eigenvalue weighted by molar-refractivity contribution is -0.0102. The summed E-state index contributed by atoms with van der Waals surface area (Å²) < 4.78 is 11.9. The van der Waals surface area contributed by atoms with Crippen LogP contribution in [-0.2, 0) is 11.3 Å². The predicted octanol–water partition coefficient (Wildman–Crippen LogP) is 3.11. The summed E-state index contributed by atoms with van der Waals surface area (Å²) in [7, 11) is 1.69. The number of hydrogen-bond donors (Lipinski definition) is 1. The lowest BCUT2D eigenvalue weighted by Crippen LogP contribution is -2.45. The standard InChI is InChI=1S/C14H20BrNO2/c1-3-18-13-7-11(8-13)16-9-10-6-12(17-2)4-5-14(10)15/h4-6,11,13,16H,3,7-9H2,1-2H3. The first-order chi connectivity index (χ1) is 8.72. The summed E-state index contributed by atoms with van der Waals surface area (Å²) >= 11 is 3.57. The Morgan fingerprint density at radius 1 is 1.39 bits per heavy atom. The van der Waals surface area contributed by atoms with E-state index in [0.717, 1.165) is 36.2 Å². The summed E-state index contributed by atoms with van der Waals surface area (Å²) in [5, 5.41) is 3.55. The van der Waals surface area contributed by atoms with Crippen LogP contribution in [0.1, 0.15) is 25.3 Å². The second-order valence-electron chi connectivity index (χ2n) is 4.58. The molecule has 0 bridgehead atoms. The molecule has 3 nitrogen and oxygen atoms in total. The Kier molecular flexibility index (Phi) is 5.03. The molecule has 0 heterocycles. The molecule has 0 atom stereocenters. The first-order valence-corrected chi connectivity index (χ1v) is 7.19. The number of nitrogens with one attached hydrogen (secondary N) is 1. The Bertz CT molecular complexity index is 391. The van der Waals surface area contributed by atoms with Crippen LogP contribution in [0.3, 0.4) is 0 Å². The van der Waals surface area contributed by atoms with Crippen LogP contribution < -0.4 is 10.1 Å². The molecule has 4 heteroatoms. The van der Waals surface area contributed by atoms with Gasteiger partial charge in [0.15, 0.2) is 0 Å². The molecule has 1 aromatic carbocycles. The third-order valence-corrected chi connectivity index (χ3v) is 4.10. The van der Waals surface area contributed by atoms with E-state index < -0.39 is 0 Å². The van der Waals surface area contributed by atoms with E-state index in [1.807, 2.05) is 19.1 Å². The average molecular weight is 314 g/mol. The van der Waals surface area contributed by atoms with E-state index in [9.17, 15) is 0 Å². The van der Waals surface area contributed by atoms with Gasteiger partial charge in [0.25, 0.3) is 0 Å². The minimum Gasteiger partial charge on any atom is -0.497 e. The van der Waals surface area contributed by atoms with Crippen molar-refractivity contribution in [3.63, 3.8) is 0 Å². The van der Waals surface area contributed by atoms with Gasteiger partial charge in [-0.1, -0.05) is 15.9 Å². The zero-order chi connectivity index (χ0) is 13.0. The molecule has 0 aliphatic heterocycles. The van der Waals surface area contributed by atoms with Crippen LogP contribution in [0.4, 0.5) is 0 Å². The fraction of sp³-hybridized carbons (Fsp3) is 0.571. The Morgan fingerprint density at radius 3 is 2.83 bits per heavy atom. The van der Waals surface area contributed by atoms with Crippen molar-refractivity contribution < 1.29 is 9.47 Å². The van der Waals surface area contributed by atoms with Crippen LogP contribution in [-0.4, -0.2) is 25.9 Å². The number of rotatable bonds is 6. The average Bonchev–Trinajstić information content (AvgIpc) is 2.33. The third-order valence-electron chi connectivity index (χ3n) is 3.33. The Hall–Kier alpha value is -0.580. The van der Waals surface area contributed by atoms with Crippen molar-refractivity contribution in [1.29, 1.82) is 0 Å². The first-order valence-electron chi connectivity index (χ1n) is 6.40. The molecule has 2 rings (SSSR count). The van der Waals surface area contributed by atoms with Crippen molar-refractivity contribution in [3.05, 3.63) is 28.2 Å². The molecule has 1 aromatic rings. The zero-order valence-corrected chi connectivity index (χ0v) is 12.5. The minimum absolute atomic E-state index is 0.459. The fourth-order valence-corrected chi connectivity index (χ4v) is 2.56. The molecular formula is C14H20BrNO2. The third kappa shape index (κ3) is 3.46. The highest BCUT2D eigenvalue weighted by Crippen LogP contribution is 2.26. The normalized spacial score (nSPS) is 22.6.